The minimum absolute atomic E-state index is 0.126. The van der Waals surface area contributed by atoms with Crippen molar-refractivity contribution in [1.82, 2.24) is 25.2 Å². The van der Waals surface area contributed by atoms with Crippen LogP contribution in [0.2, 0.25) is 0 Å². The van der Waals surface area contributed by atoms with E-state index in [0.29, 0.717) is 24.3 Å². The fourth-order valence-corrected chi connectivity index (χ4v) is 4.33. The summed E-state index contributed by atoms with van der Waals surface area (Å²) >= 11 is 0. The van der Waals surface area contributed by atoms with Gasteiger partial charge in [0.25, 0.3) is 5.91 Å². The lowest BCUT2D eigenvalue weighted by Gasteiger charge is -2.33. The van der Waals surface area contributed by atoms with E-state index < -0.39 is 0 Å². The molecule has 0 unspecified atom stereocenters. The number of aromatic nitrogens is 3. The number of carbonyl (C=O) groups is 2. The van der Waals surface area contributed by atoms with Crippen molar-refractivity contribution in [1.29, 1.82) is 0 Å². The van der Waals surface area contributed by atoms with Crippen molar-refractivity contribution in [3.63, 3.8) is 0 Å². The highest BCUT2D eigenvalue weighted by atomic mass is 19.1. The van der Waals surface area contributed by atoms with E-state index in [9.17, 15) is 14.0 Å². The normalized spacial score (nSPS) is 18.4. The van der Waals surface area contributed by atoms with E-state index >= 15 is 0 Å². The first kappa shape index (κ1) is 20.5. The van der Waals surface area contributed by atoms with Crippen molar-refractivity contribution < 1.29 is 14.0 Å². The number of piperidine rings is 1. The zero-order valence-corrected chi connectivity index (χ0v) is 17.3. The molecule has 2 heterocycles. The molecule has 1 aliphatic heterocycles. The zero-order chi connectivity index (χ0) is 21.1. The maximum atomic E-state index is 13.5. The highest BCUT2D eigenvalue weighted by Gasteiger charge is 2.28. The second kappa shape index (κ2) is 8.93. The molecule has 160 valence electrons. The lowest BCUT2D eigenvalue weighted by molar-refractivity contribution is -0.126. The molecule has 2 amide bonds. The predicted molar refractivity (Wildman–Crippen MR) is 110 cm³/mol. The van der Waals surface area contributed by atoms with Crippen LogP contribution in [0.25, 0.3) is 5.69 Å². The molecule has 2 aliphatic rings. The number of amides is 2. The molecule has 1 saturated carbocycles. The average molecular weight is 413 g/mol. The van der Waals surface area contributed by atoms with Gasteiger partial charge in [0, 0.05) is 25.0 Å². The molecule has 1 saturated heterocycles. The third-order valence-corrected chi connectivity index (χ3v) is 6.22. The highest BCUT2D eigenvalue weighted by molar-refractivity contribution is 5.92. The summed E-state index contributed by atoms with van der Waals surface area (Å²) < 4.78 is 15.0. The van der Waals surface area contributed by atoms with Crippen molar-refractivity contribution in [2.24, 2.45) is 5.92 Å². The molecular weight excluding hydrogens is 385 g/mol. The molecule has 0 radical (unpaired) electrons. The van der Waals surface area contributed by atoms with Gasteiger partial charge in [-0.05, 0) is 56.4 Å². The van der Waals surface area contributed by atoms with E-state index in [-0.39, 0.29) is 35.3 Å². The van der Waals surface area contributed by atoms with Crippen LogP contribution >= 0.6 is 0 Å². The molecule has 2 fully saturated rings. The fourth-order valence-electron chi connectivity index (χ4n) is 4.33. The molecular formula is C22H28FN5O2. The summed E-state index contributed by atoms with van der Waals surface area (Å²) in [6, 6.07) is 4.77. The first-order chi connectivity index (χ1) is 14.5. The monoisotopic (exact) mass is 413 g/mol. The van der Waals surface area contributed by atoms with Crippen molar-refractivity contribution in [3.05, 3.63) is 41.5 Å². The standard InChI is InChI=1S/C22H28FN5O2/c1-15-13-18(7-8-19(15)23)28-14-20(25-26-28)22(30)27-11-9-17(10-12-27)24-21(29)16-5-3-2-4-6-16/h7-8,13-14,16-17H,2-6,9-12H2,1H3,(H,24,29). The Morgan fingerprint density at radius 1 is 1.10 bits per heavy atom. The average Bonchev–Trinajstić information content (AvgIpc) is 3.26. The number of likely N-dealkylation sites (tertiary alicyclic amines) is 1. The van der Waals surface area contributed by atoms with E-state index in [1.54, 1.807) is 30.2 Å². The first-order valence-electron chi connectivity index (χ1n) is 10.8. The number of aryl methyl sites for hydroxylation is 1. The molecule has 1 aromatic carbocycles. The quantitative estimate of drug-likeness (QED) is 0.836. The Labute approximate surface area is 175 Å². The summed E-state index contributed by atoms with van der Waals surface area (Å²) in [6.07, 6.45) is 8.57. The van der Waals surface area contributed by atoms with Crippen LogP contribution in [-0.4, -0.2) is 50.8 Å². The summed E-state index contributed by atoms with van der Waals surface area (Å²) in [5, 5.41) is 11.2. The van der Waals surface area contributed by atoms with Crippen LogP contribution in [0.15, 0.2) is 24.4 Å². The van der Waals surface area contributed by atoms with Gasteiger partial charge in [-0.2, -0.15) is 0 Å². The molecule has 1 aromatic heterocycles. The number of benzene rings is 1. The van der Waals surface area contributed by atoms with E-state index in [0.717, 1.165) is 38.5 Å². The van der Waals surface area contributed by atoms with Crippen LogP contribution in [0, 0.1) is 18.7 Å². The van der Waals surface area contributed by atoms with Crippen LogP contribution in [0.1, 0.15) is 61.0 Å². The molecule has 0 bridgehead atoms. The SMILES string of the molecule is Cc1cc(-n2cc(C(=O)N3CCC(NC(=O)C4CCCCC4)CC3)nn2)ccc1F. The van der Waals surface area contributed by atoms with Crippen LogP contribution in [0.3, 0.4) is 0 Å². The Balaban J connectivity index is 1.31. The summed E-state index contributed by atoms with van der Waals surface area (Å²) in [4.78, 5) is 27.0. The largest absolute Gasteiger partial charge is 0.353 e. The van der Waals surface area contributed by atoms with E-state index in [4.69, 9.17) is 0 Å². The van der Waals surface area contributed by atoms with Gasteiger partial charge < -0.3 is 10.2 Å². The summed E-state index contributed by atoms with van der Waals surface area (Å²) in [6.45, 7) is 2.84. The zero-order valence-electron chi connectivity index (χ0n) is 17.3. The Morgan fingerprint density at radius 2 is 1.83 bits per heavy atom. The number of halogens is 1. The van der Waals surface area contributed by atoms with Crippen molar-refractivity contribution in [2.75, 3.05) is 13.1 Å². The molecule has 1 N–H and O–H groups in total. The van der Waals surface area contributed by atoms with Gasteiger partial charge >= 0.3 is 0 Å². The van der Waals surface area contributed by atoms with Crippen molar-refractivity contribution in [3.8, 4) is 5.69 Å². The number of rotatable bonds is 4. The van der Waals surface area contributed by atoms with Crippen molar-refractivity contribution in [2.45, 2.75) is 57.9 Å². The third-order valence-electron chi connectivity index (χ3n) is 6.22. The van der Waals surface area contributed by atoms with Gasteiger partial charge in [-0.15, -0.1) is 5.10 Å². The molecule has 1 aliphatic carbocycles. The van der Waals surface area contributed by atoms with Gasteiger partial charge in [-0.25, -0.2) is 9.07 Å². The van der Waals surface area contributed by atoms with Gasteiger partial charge in [0.2, 0.25) is 5.91 Å². The molecule has 0 spiro atoms. The fraction of sp³-hybridized carbons (Fsp3) is 0.545. The van der Waals surface area contributed by atoms with Crippen LogP contribution in [-0.2, 0) is 4.79 Å². The maximum absolute atomic E-state index is 13.5. The Kier molecular flexibility index (Phi) is 6.11. The van der Waals surface area contributed by atoms with Crippen LogP contribution in [0.5, 0.6) is 0 Å². The Bertz CT molecular complexity index is 914. The van der Waals surface area contributed by atoms with Crippen molar-refractivity contribution >= 4 is 11.8 Å². The highest BCUT2D eigenvalue weighted by Crippen LogP contribution is 2.24. The second-order valence-electron chi connectivity index (χ2n) is 8.39. The molecule has 0 atom stereocenters. The number of carbonyl (C=O) groups excluding carboxylic acids is 2. The van der Waals surface area contributed by atoms with Crippen LogP contribution in [0.4, 0.5) is 4.39 Å². The number of hydrogen-bond acceptors (Lipinski definition) is 4. The third kappa shape index (κ3) is 4.52. The minimum atomic E-state index is -0.284. The first-order valence-corrected chi connectivity index (χ1v) is 10.8. The molecule has 2 aromatic rings. The predicted octanol–water partition coefficient (Wildman–Crippen LogP) is 3.02. The molecule has 4 rings (SSSR count). The van der Waals surface area contributed by atoms with E-state index in [1.165, 1.54) is 17.2 Å². The smallest absolute Gasteiger partial charge is 0.276 e. The lowest BCUT2D eigenvalue weighted by Crippen LogP contribution is -2.48. The van der Waals surface area contributed by atoms with Crippen LogP contribution < -0.4 is 5.32 Å². The van der Waals surface area contributed by atoms with Gasteiger partial charge in [0.1, 0.15) is 5.82 Å². The number of nitrogens with one attached hydrogen (secondary N) is 1. The van der Waals surface area contributed by atoms with E-state index in [1.807, 2.05) is 0 Å². The maximum Gasteiger partial charge on any atom is 0.276 e. The Morgan fingerprint density at radius 3 is 2.53 bits per heavy atom. The Hall–Kier alpha value is -2.77. The molecule has 30 heavy (non-hydrogen) atoms. The number of nitrogens with zero attached hydrogens (tertiary/aromatic N) is 4. The lowest BCUT2D eigenvalue weighted by atomic mass is 9.88. The molecule has 8 heteroatoms. The van der Waals surface area contributed by atoms with E-state index in [2.05, 4.69) is 15.6 Å². The van der Waals surface area contributed by atoms with Gasteiger partial charge in [-0.3, -0.25) is 9.59 Å². The van der Waals surface area contributed by atoms with Gasteiger partial charge in [0.05, 0.1) is 11.9 Å². The number of hydrogen-bond donors (Lipinski definition) is 1. The summed E-state index contributed by atoms with van der Waals surface area (Å²) in [5.41, 5.74) is 1.43. The second-order valence-corrected chi connectivity index (χ2v) is 8.39. The van der Waals surface area contributed by atoms with Gasteiger partial charge in [-0.1, -0.05) is 24.5 Å². The minimum Gasteiger partial charge on any atom is -0.353 e. The topological polar surface area (TPSA) is 80.1 Å². The molecule has 7 nitrogen and oxygen atoms in total. The summed E-state index contributed by atoms with van der Waals surface area (Å²) in [7, 11) is 0. The van der Waals surface area contributed by atoms with Gasteiger partial charge in [0.15, 0.2) is 5.69 Å². The summed E-state index contributed by atoms with van der Waals surface area (Å²) in [5.74, 6) is -0.119.